The molecule has 2 amide bonds. The fourth-order valence-corrected chi connectivity index (χ4v) is 3.21. The first-order valence-electron chi connectivity index (χ1n) is 9.34. The molecular weight excluding hydrogens is 358 g/mol. The lowest BCUT2D eigenvalue weighted by Crippen LogP contribution is -2.51. The fourth-order valence-electron chi connectivity index (χ4n) is 3.21. The average Bonchev–Trinajstić information content (AvgIpc) is 2.75. The number of para-hydroxylation sites is 4. The van der Waals surface area contributed by atoms with Crippen LogP contribution in [0.5, 0.6) is 11.5 Å². The molecule has 0 spiro atoms. The largest absolute Gasteiger partial charge is 0.495 e. The molecule has 0 atom stereocenters. The van der Waals surface area contributed by atoms with E-state index in [0.29, 0.717) is 44.2 Å². The number of benzene rings is 2. The number of anilines is 2. The standard InChI is InChI=1S/C21H25N3O4/c1-3-28-18-10-6-4-8-16(18)22-20(25)21(26)24-14-12-23(13-15-24)17-9-5-7-11-19(17)27-2/h4-11H,3,12-15H2,1-2H3,(H,22,25). The second-order valence-electron chi connectivity index (χ2n) is 6.33. The molecule has 1 N–H and O–H groups in total. The van der Waals surface area contributed by atoms with Gasteiger partial charge in [0.25, 0.3) is 0 Å². The molecule has 1 aliphatic rings. The van der Waals surface area contributed by atoms with Crippen molar-refractivity contribution in [3.8, 4) is 11.5 Å². The summed E-state index contributed by atoms with van der Waals surface area (Å²) in [6.45, 7) is 4.55. The number of hydrogen-bond donors (Lipinski definition) is 1. The van der Waals surface area contributed by atoms with Crippen LogP contribution in [0.4, 0.5) is 11.4 Å². The maximum atomic E-state index is 12.6. The van der Waals surface area contributed by atoms with Gasteiger partial charge >= 0.3 is 11.8 Å². The zero-order valence-corrected chi connectivity index (χ0v) is 16.2. The topological polar surface area (TPSA) is 71.1 Å². The van der Waals surface area contributed by atoms with Crippen molar-refractivity contribution in [1.82, 2.24) is 4.90 Å². The van der Waals surface area contributed by atoms with E-state index in [1.165, 1.54) is 0 Å². The van der Waals surface area contributed by atoms with Crippen molar-refractivity contribution in [2.45, 2.75) is 6.92 Å². The van der Waals surface area contributed by atoms with E-state index in [1.54, 1.807) is 30.2 Å². The van der Waals surface area contributed by atoms with Crippen LogP contribution < -0.4 is 19.7 Å². The number of carbonyl (C=O) groups is 2. The number of ether oxygens (including phenoxy) is 2. The zero-order valence-electron chi connectivity index (χ0n) is 16.2. The molecule has 0 bridgehead atoms. The van der Waals surface area contributed by atoms with Crippen LogP contribution in [-0.4, -0.2) is 56.6 Å². The Morgan fingerprint density at radius 2 is 1.61 bits per heavy atom. The number of amides is 2. The van der Waals surface area contributed by atoms with Gasteiger partial charge in [-0.25, -0.2) is 0 Å². The number of nitrogens with one attached hydrogen (secondary N) is 1. The van der Waals surface area contributed by atoms with Gasteiger partial charge in [0.05, 0.1) is 25.1 Å². The van der Waals surface area contributed by atoms with Gasteiger partial charge in [0.15, 0.2) is 0 Å². The minimum Gasteiger partial charge on any atom is -0.495 e. The van der Waals surface area contributed by atoms with Gasteiger partial charge in [-0.1, -0.05) is 24.3 Å². The molecule has 0 saturated carbocycles. The lowest BCUT2D eigenvalue weighted by molar-refractivity contribution is -0.143. The Hall–Kier alpha value is -3.22. The van der Waals surface area contributed by atoms with E-state index in [0.717, 1.165) is 11.4 Å². The summed E-state index contributed by atoms with van der Waals surface area (Å²) in [5, 5.41) is 2.66. The Morgan fingerprint density at radius 1 is 0.964 bits per heavy atom. The predicted octanol–water partition coefficient (Wildman–Crippen LogP) is 2.38. The molecular formula is C21H25N3O4. The highest BCUT2D eigenvalue weighted by molar-refractivity contribution is 6.39. The number of nitrogens with zero attached hydrogens (tertiary/aromatic N) is 2. The predicted molar refractivity (Wildman–Crippen MR) is 108 cm³/mol. The van der Waals surface area contributed by atoms with Crippen molar-refractivity contribution in [2.24, 2.45) is 0 Å². The Kier molecular flexibility index (Phi) is 6.37. The number of carbonyl (C=O) groups excluding carboxylic acids is 2. The Bertz CT molecular complexity index is 832. The molecule has 148 valence electrons. The van der Waals surface area contributed by atoms with E-state index in [2.05, 4.69) is 10.2 Å². The quantitative estimate of drug-likeness (QED) is 0.803. The smallest absolute Gasteiger partial charge is 0.314 e. The third-order valence-electron chi connectivity index (χ3n) is 4.62. The first-order chi connectivity index (χ1) is 13.6. The molecule has 1 saturated heterocycles. The summed E-state index contributed by atoms with van der Waals surface area (Å²) < 4.78 is 10.9. The number of hydrogen-bond acceptors (Lipinski definition) is 5. The van der Waals surface area contributed by atoms with Crippen LogP contribution in [-0.2, 0) is 9.59 Å². The van der Waals surface area contributed by atoms with E-state index < -0.39 is 11.8 Å². The van der Waals surface area contributed by atoms with E-state index in [9.17, 15) is 9.59 Å². The molecule has 2 aromatic rings. The third kappa shape index (κ3) is 4.36. The van der Waals surface area contributed by atoms with Gasteiger partial charge in [0.2, 0.25) is 0 Å². The van der Waals surface area contributed by atoms with Crippen LogP contribution in [0, 0.1) is 0 Å². The highest BCUT2D eigenvalue weighted by atomic mass is 16.5. The molecule has 0 unspecified atom stereocenters. The van der Waals surface area contributed by atoms with Crippen LogP contribution in [0.15, 0.2) is 48.5 Å². The van der Waals surface area contributed by atoms with Crippen LogP contribution in [0.1, 0.15) is 6.92 Å². The highest BCUT2D eigenvalue weighted by Crippen LogP contribution is 2.28. The molecule has 0 aromatic heterocycles. The summed E-state index contributed by atoms with van der Waals surface area (Å²) in [6, 6.07) is 14.9. The molecule has 28 heavy (non-hydrogen) atoms. The monoisotopic (exact) mass is 383 g/mol. The normalized spacial score (nSPS) is 13.8. The Labute approximate surface area is 164 Å². The highest BCUT2D eigenvalue weighted by Gasteiger charge is 2.27. The average molecular weight is 383 g/mol. The number of methoxy groups -OCH3 is 1. The summed E-state index contributed by atoms with van der Waals surface area (Å²) in [7, 11) is 1.64. The third-order valence-corrected chi connectivity index (χ3v) is 4.62. The second-order valence-corrected chi connectivity index (χ2v) is 6.33. The minimum atomic E-state index is -0.655. The molecule has 1 heterocycles. The summed E-state index contributed by atoms with van der Waals surface area (Å²) in [4.78, 5) is 28.7. The van der Waals surface area contributed by atoms with Crippen LogP contribution in [0.25, 0.3) is 0 Å². The van der Waals surface area contributed by atoms with Crippen molar-refractivity contribution in [3.05, 3.63) is 48.5 Å². The SMILES string of the molecule is CCOc1ccccc1NC(=O)C(=O)N1CCN(c2ccccc2OC)CC1. The number of piperazine rings is 1. The zero-order chi connectivity index (χ0) is 19.9. The summed E-state index contributed by atoms with van der Waals surface area (Å²) in [5.74, 6) is 0.156. The van der Waals surface area contributed by atoms with E-state index in [4.69, 9.17) is 9.47 Å². The summed E-state index contributed by atoms with van der Waals surface area (Å²) in [6.07, 6.45) is 0. The van der Waals surface area contributed by atoms with E-state index in [1.807, 2.05) is 37.3 Å². The van der Waals surface area contributed by atoms with Gasteiger partial charge in [0, 0.05) is 26.2 Å². The van der Waals surface area contributed by atoms with Crippen molar-refractivity contribution in [1.29, 1.82) is 0 Å². The molecule has 7 heteroatoms. The molecule has 3 rings (SSSR count). The van der Waals surface area contributed by atoms with Crippen molar-refractivity contribution in [3.63, 3.8) is 0 Å². The maximum absolute atomic E-state index is 12.6. The minimum absolute atomic E-state index is 0.470. The van der Waals surface area contributed by atoms with Gasteiger partial charge in [-0.2, -0.15) is 0 Å². The molecule has 7 nitrogen and oxygen atoms in total. The lowest BCUT2D eigenvalue weighted by atomic mass is 10.2. The maximum Gasteiger partial charge on any atom is 0.314 e. The fraction of sp³-hybridized carbons (Fsp3) is 0.333. The van der Waals surface area contributed by atoms with Crippen molar-refractivity contribution < 1.29 is 19.1 Å². The van der Waals surface area contributed by atoms with Gasteiger partial charge in [-0.15, -0.1) is 0 Å². The van der Waals surface area contributed by atoms with Gasteiger partial charge in [0.1, 0.15) is 11.5 Å². The molecule has 1 aliphatic heterocycles. The van der Waals surface area contributed by atoms with Crippen LogP contribution in [0.2, 0.25) is 0 Å². The van der Waals surface area contributed by atoms with Gasteiger partial charge in [-0.05, 0) is 31.2 Å². The lowest BCUT2D eigenvalue weighted by Gasteiger charge is -2.36. The van der Waals surface area contributed by atoms with Crippen LogP contribution in [0.3, 0.4) is 0 Å². The molecule has 0 aliphatic carbocycles. The van der Waals surface area contributed by atoms with E-state index in [-0.39, 0.29) is 0 Å². The Morgan fingerprint density at radius 3 is 2.29 bits per heavy atom. The van der Waals surface area contributed by atoms with Gasteiger partial charge in [-0.3, -0.25) is 9.59 Å². The summed E-state index contributed by atoms with van der Waals surface area (Å²) >= 11 is 0. The van der Waals surface area contributed by atoms with E-state index >= 15 is 0 Å². The Balaban J connectivity index is 1.60. The van der Waals surface area contributed by atoms with Crippen molar-refractivity contribution >= 4 is 23.2 Å². The first-order valence-corrected chi connectivity index (χ1v) is 9.34. The summed E-state index contributed by atoms with van der Waals surface area (Å²) in [5.41, 5.74) is 1.49. The number of rotatable bonds is 5. The molecule has 2 aromatic carbocycles. The van der Waals surface area contributed by atoms with Gasteiger partial charge < -0.3 is 24.6 Å². The molecule has 0 radical (unpaired) electrons. The second kappa shape index (κ2) is 9.12. The van der Waals surface area contributed by atoms with Crippen LogP contribution >= 0.6 is 0 Å². The molecule has 1 fully saturated rings. The first kappa shape index (κ1) is 19.5. The van der Waals surface area contributed by atoms with Crippen molar-refractivity contribution in [2.75, 3.05) is 50.1 Å².